The zero-order valence-electron chi connectivity index (χ0n) is 15.1. The fraction of sp³-hybridized carbons (Fsp3) is 0.778. The van der Waals surface area contributed by atoms with Gasteiger partial charge in [0.2, 0.25) is 0 Å². The van der Waals surface area contributed by atoms with Gasteiger partial charge < -0.3 is 0 Å². The summed E-state index contributed by atoms with van der Waals surface area (Å²) >= 11 is -2.21. The predicted molar refractivity (Wildman–Crippen MR) is 96.9 cm³/mol. The Morgan fingerprint density at radius 1 is 0.783 bits per heavy atom. The van der Waals surface area contributed by atoms with Gasteiger partial charge in [-0.2, -0.15) is 0 Å². The standard InChI is InChI=1S/C10H16O4.2C4H9.Sn.H/c1-2-3-4-5-8-14-10(13)7-6-9(11)12;2*1-3-4-2;;/h6-7H,2-5,8H2,1H3,(H,11,12);2*1,3-4H2,2H3;;/q;;;+1;/p-1/b7-6-;;;;. The van der Waals surface area contributed by atoms with Crippen LogP contribution < -0.4 is 0 Å². The van der Waals surface area contributed by atoms with Crippen molar-refractivity contribution >= 4 is 32.1 Å². The Hall–Kier alpha value is -0.521. The first kappa shape index (κ1) is 22.5. The number of rotatable bonds is 14. The van der Waals surface area contributed by atoms with Crippen LogP contribution in [0.15, 0.2) is 12.2 Å². The average Bonchev–Trinajstić information content (AvgIpc) is 2.55. The molecule has 0 aliphatic carbocycles. The van der Waals surface area contributed by atoms with E-state index in [1.807, 2.05) is 0 Å². The SMILES string of the molecule is CCCCCCOC(=O)/C=C\C(=O)[O][SnH]([CH2]CCC)[CH2]CCC. The van der Waals surface area contributed by atoms with Crippen molar-refractivity contribution < 1.29 is 17.4 Å². The van der Waals surface area contributed by atoms with Crippen LogP contribution in [0.1, 0.15) is 72.1 Å². The fourth-order valence-corrected chi connectivity index (χ4v) is 9.80. The summed E-state index contributed by atoms with van der Waals surface area (Å²) in [6, 6.07) is 0. The summed E-state index contributed by atoms with van der Waals surface area (Å²) in [5.41, 5.74) is 0. The summed E-state index contributed by atoms with van der Waals surface area (Å²) in [6.45, 7) is 6.87. The van der Waals surface area contributed by atoms with Crippen LogP contribution in [0.25, 0.3) is 0 Å². The Labute approximate surface area is 149 Å². The molecule has 0 unspecified atom stereocenters. The first-order chi connectivity index (χ1) is 11.1. The molecular weight excluding hydrogens is 399 g/mol. The van der Waals surface area contributed by atoms with Crippen LogP contribution in [-0.2, 0) is 17.4 Å². The van der Waals surface area contributed by atoms with E-state index in [0.29, 0.717) is 6.61 Å². The zero-order valence-corrected chi connectivity index (χ0v) is 18.4. The van der Waals surface area contributed by atoms with E-state index in [-0.39, 0.29) is 5.97 Å². The first-order valence-corrected chi connectivity index (χ1v) is 15.2. The Balaban J connectivity index is 4.03. The van der Waals surface area contributed by atoms with Gasteiger partial charge in [-0.25, -0.2) is 0 Å². The number of ether oxygens (including phenoxy) is 1. The first-order valence-electron chi connectivity index (χ1n) is 9.19. The zero-order chi connectivity index (χ0) is 17.3. The van der Waals surface area contributed by atoms with Crippen molar-refractivity contribution in [1.82, 2.24) is 0 Å². The van der Waals surface area contributed by atoms with Crippen LogP contribution in [0.2, 0.25) is 8.87 Å². The Morgan fingerprint density at radius 3 is 1.91 bits per heavy atom. The summed E-state index contributed by atoms with van der Waals surface area (Å²) in [7, 11) is 0. The van der Waals surface area contributed by atoms with Crippen molar-refractivity contribution in [3.05, 3.63) is 12.2 Å². The number of unbranched alkanes of at least 4 members (excludes halogenated alkanes) is 5. The van der Waals surface area contributed by atoms with Gasteiger partial charge in [0.25, 0.3) is 0 Å². The van der Waals surface area contributed by atoms with Crippen molar-refractivity contribution in [2.24, 2.45) is 0 Å². The van der Waals surface area contributed by atoms with Crippen LogP contribution >= 0.6 is 0 Å². The second kappa shape index (κ2) is 16.3. The van der Waals surface area contributed by atoms with Gasteiger partial charge in [0.05, 0.1) is 0 Å². The third kappa shape index (κ3) is 14.8. The van der Waals surface area contributed by atoms with Gasteiger partial charge in [-0.05, 0) is 0 Å². The van der Waals surface area contributed by atoms with E-state index in [1.54, 1.807) is 0 Å². The van der Waals surface area contributed by atoms with Crippen molar-refractivity contribution in [2.45, 2.75) is 81.0 Å². The topological polar surface area (TPSA) is 52.6 Å². The number of carbonyl (C=O) groups is 2. The maximum atomic E-state index is 11.8. The normalized spacial score (nSPS) is 11.1. The maximum absolute atomic E-state index is 11.8. The Kier molecular flexibility index (Phi) is 16.0. The van der Waals surface area contributed by atoms with E-state index in [4.69, 9.17) is 7.81 Å². The molecule has 0 aromatic rings. The number of hydrogen-bond donors (Lipinski definition) is 0. The molecule has 5 heteroatoms. The van der Waals surface area contributed by atoms with Crippen LogP contribution in [-0.4, -0.2) is 38.7 Å². The molecular formula is C18H34O4Sn. The summed E-state index contributed by atoms with van der Waals surface area (Å²) in [5.74, 6) is -0.812. The van der Waals surface area contributed by atoms with Crippen LogP contribution in [0.3, 0.4) is 0 Å². The van der Waals surface area contributed by atoms with E-state index in [2.05, 4.69) is 20.8 Å². The Bertz CT molecular complexity index is 334. The molecule has 0 aromatic carbocycles. The number of hydrogen-bond acceptors (Lipinski definition) is 4. The second-order valence-corrected chi connectivity index (χ2v) is 13.4. The van der Waals surface area contributed by atoms with Gasteiger partial charge in [0.15, 0.2) is 0 Å². The number of esters is 1. The molecule has 0 saturated carbocycles. The summed E-state index contributed by atoms with van der Waals surface area (Å²) in [6.07, 6.45) is 11.2. The van der Waals surface area contributed by atoms with Gasteiger partial charge in [-0.1, -0.05) is 0 Å². The van der Waals surface area contributed by atoms with Crippen molar-refractivity contribution in [3.63, 3.8) is 0 Å². The molecule has 0 N–H and O–H groups in total. The molecule has 0 heterocycles. The molecule has 0 bridgehead atoms. The molecule has 0 radical (unpaired) electrons. The van der Waals surface area contributed by atoms with Gasteiger partial charge in [-0.3, -0.25) is 0 Å². The van der Waals surface area contributed by atoms with Gasteiger partial charge in [0.1, 0.15) is 0 Å². The molecule has 0 aliphatic rings. The average molecular weight is 433 g/mol. The molecule has 0 fully saturated rings. The van der Waals surface area contributed by atoms with Gasteiger partial charge in [-0.15, -0.1) is 0 Å². The number of carbonyl (C=O) groups excluding carboxylic acids is 2. The molecule has 0 saturated heterocycles. The van der Waals surface area contributed by atoms with E-state index < -0.39 is 26.1 Å². The molecule has 134 valence electrons. The van der Waals surface area contributed by atoms with Crippen LogP contribution in [0.5, 0.6) is 0 Å². The Morgan fingerprint density at radius 2 is 1.35 bits per heavy atom. The monoisotopic (exact) mass is 434 g/mol. The van der Waals surface area contributed by atoms with E-state index in [0.717, 1.165) is 60.2 Å². The molecule has 4 nitrogen and oxygen atoms in total. The molecule has 23 heavy (non-hydrogen) atoms. The van der Waals surface area contributed by atoms with Crippen molar-refractivity contribution in [3.8, 4) is 0 Å². The van der Waals surface area contributed by atoms with E-state index >= 15 is 0 Å². The minimum atomic E-state index is -2.21. The molecule has 0 spiro atoms. The molecule has 0 amide bonds. The van der Waals surface area contributed by atoms with Gasteiger partial charge in [0, 0.05) is 0 Å². The summed E-state index contributed by atoms with van der Waals surface area (Å²) < 4.78 is 12.9. The van der Waals surface area contributed by atoms with Gasteiger partial charge >= 0.3 is 149 Å². The molecule has 0 aromatic heterocycles. The second-order valence-electron chi connectivity index (χ2n) is 5.90. The van der Waals surface area contributed by atoms with Crippen LogP contribution in [0.4, 0.5) is 0 Å². The third-order valence-electron chi connectivity index (χ3n) is 3.64. The molecule has 0 rings (SSSR count). The van der Waals surface area contributed by atoms with E-state index in [9.17, 15) is 9.59 Å². The fourth-order valence-electron chi connectivity index (χ4n) is 2.22. The summed E-state index contributed by atoms with van der Waals surface area (Å²) in [5, 5.41) is 0. The molecule has 0 atom stereocenters. The van der Waals surface area contributed by atoms with Crippen molar-refractivity contribution in [1.29, 1.82) is 0 Å². The van der Waals surface area contributed by atoms with Crippen molar-refractivity contribution in [2.75, 3.05) is 6.61 Å². The predicted octanol–water partition coefficient (Wildman–Crippen LogP) is 4.53. The van der Waals surface area contributed by atoms with E-state index in [1.165, 1.54) is 12.2 Å². The van der Waals surface area contributed by atoms with Crippen LogP contribution in [0, 0.1) is 0 Å². The molecule has 0 aliphatic heterocycles. The quantitative estimate of drug-likeness (QED) is 0.175. The minimum absolute atomic E-state index is 0.360. The summed E-state index contributed by atoms with van der Waals surface area (Å²) in [4.78, 5) is 23.3. The third-order valence-corrected chi connectivity index (χ3v) is 11.3.